The van der Waals surface area contributed by atoms with Crippen molar-refractivity contribution in [1.29, 1.82) is 0 Å². The van der Waals surface area contributed by atoms with Gasteiger partial charge in [-0.3, -0.25) is 0 Å². The molecule has 0 radical (unpaired) electrons. The van der Waals surface area contributed by atoms with Gasteiger partial charge in [-0.15, -0.1) is 0 Å². The van der Waals surface area contributed by atoms with E-state index >= 15 is 0 Å². The standard InChI is InChI=1S/C18H34N2O/c1-4-21-6-5-20(3)13-17(19-2)18-10-14-7-15(11-18)9-16(8-14)12-18/h14-17,19H,4-13H2,1-3H3. The van der Waals surface area contributed by atoms with Crippen LogP contribution in [0.2, 0.25) is 0 Å². The van der Waals surface area contributed by atoms with Crippen molar-refractivity contribution in [2.45, 2.75) is 51.5 Å². The highest BCUT2D eigenvalue weighted by Gasteiger charge is 2.53. The van der Waals surface area contributed by atoms with Crippen molar-refractivity contribution < 1.29 is 4.74 Å². The van der Waals surface area contributed by atoms with Crippen molar-refractivity contribution in [3.63, 3.8) is 0 Å². The lowest BCUT2D eigenvalue weighted by molar-refractivity contribution is -0.0771. The predicted molar refractivity (Wildman–Crippen MR) is 87.4 cm³/mol. The molecular weight excluding hydrogens is 260 g/mol. The van der Waals surface area contributed by atoms with Crippen LogP contribution in [0.1, 0.15) is 45.4 Å². The molecule has 1 unspecified atom stereocenters. The summed E-state index contributed by atoms with van der Waals surface area (Å²) in [7, 11) is 4.43. The monoisotopic (exact) mass is 294 g/mol. The number of hydrogen-bond acceptors (Lipinski definition) is 3. The summed E-state index contributed by atoms with van der Waals surface area (Å²) in [5.74, 6) is 3.13. The number of ether oxygens (including phenoxy) is 1. The van der Waals surface area contributed by atoms with Gasteiger partial charge >= 0.3 is 0 Å². The average Bonchev–Trinajstić information content (AvgIpc) is 2.43. The second-order valence-corrected chi connectivity index (χ2v) is 8.08. The predicted octanol–water partition coefficient (Wildman–Crippen LogP) is 2.76. The van der Waals surface area contributed by atoms with E-state index in [2.05, 4.69) is 31.2 Å². The zero-order valence-corrected chi connectivity index (χ0v) is 14.2. The van der Waals surface area contributed by atoms with Crippen molar-refractivity contribution in [1.82, 2.24) is 10.2 Å². The Kier molecular flexibility index (Phi) is 4.92. The summed E-state index contributed by atoms with van der Waals surface area (Å²) in [4.78, 5) is 2.47. The van der Waals surface area contributed by atoms with Crippen molar-refractivity contribution >= 4 is 0 Å². The van der Waals surface area contributed by atoms with Crippen molar-refractivity contribution in [3.05, 3.63) is 0 Å². The zero-order valence-electron chi connectivity index (χ0n) is 14.2. The van der Waals surface area contributed by atoms with Gasteiger partial charge in [0.05, 0.1) is 6.61 Å². The molecule has 0 aromatic rings. The molecule has 0 heterocycles. The molecule has 0 amide bonds. The van der Waals surface area contributed by atoms with E-state index in [0.29, 0.717) is 11.5 Å². The van der Waals surface area contributed by atoms with Gasteiger partial charge in [-0.2, -0.15) is 0 Å². The molecule has 4 aliphatic carbocycles. The van der Waals surface area contributed by atoms with Crippen LogP contribution >= 0.6 is 0 Å². The van der Waals surface area contributed by atoms with E-state index in [-0.39, 0.29) is 0 Å². The van der Waals surface area contributed by atoms with Crippen molar-refractivity contribution in [2.75, 3.05) is 40.4 Å². The molecule has 0 aromatic heterocycles. The van der Waals surface area contributed by atoms with Gasteiger partial charge in [0.2, 0.25) is 0 Å². The van der Waals surface area contributed by atoms with Gasteiger partial charge in [0.25, 0.3) is 0 Å². The highest BCUT2D eigenvalue weighted by molar-refractivity contribution is 5.06. The fraction of sp³-hybridized carbons (Fsp3) is 1.00. The van der Waals surface area contributed by atoms with Crippen LogP contribution in [0.15, 0.2) is 0 Å². The molecule has 4 bridgehead atoms. The highest BCUT2D eigenvalue weighted by atomic mass is 16.5. The third-order valence-corrected chi connectivity index (χ3v) is 6.49. The second-order valence-electron chi connectivity index (χ2n) is 8.08. The average molecular weight is 294 g/mol. The van der Waals surface area contributed by atoms with Gasteiger partial charge in [-0.25, -0.2) is 0 Å². The number of hydrogen-bond donors (Lipinski definition) is 1. The van der Waals surface area contributed by atoms with Crippen LogP contribution in [0.3, 0.4) is 0 Å². The van der Waals surface area contributed by atoms with E-state index < -0.39 is 0 Å². The number of rotatable bonds is 8. The van der Waals surface area contributed by atoms with E-state index in [4.69, 9.17) is 4.74 Å². The maximum atomic E-state index is 5.51. The minimum Gasteiger partial charge on any atom is -0.380 e. The summed E-state index contributed by atoms with van der Waals surface area (Å²) in [5.41, 5.74) is 0.601. The SMILES string of the molecule is CCOCCN(C)CC(NC)C12CC3CC(CC(C3)C1)C2. The molecule has 4 rings (SSSR count). The number of nitrogens with zero attached hydrogens (tertiary/aromatic N) is 1. The molecule has 1 N–H and O–H groups in total. The largest absolute Gasteiger partial charge is 0.380 e. The van der Waals surface area contributed by atoms with Crippen molar-refractivity contribution in [3.8, 4) is 0 Å². The van der Waals surface area contributed by atoms with E-state index in [0.717, 1.165) is 37.5 Å². The van der Waals surface area contributed by atoms with Gasteiger partial charge in [0, 0.05) is 25.7 Å². The fourth-order valence-corrected chi connectivity index (χ4v) is 5.96. The smallest absolute Gasteiger partial charge is 0.0593 e. The normalized spacial score (nSPS) is 39.1. The topological polar surface area (TPSA) is 24.5 Å². The van der Waals surface area contributed by atoms with Crippen LogP contribution in [0, 0.1) is 23.2 Å². The molecule has 4 saturated carbocycles. The van der Waals surface area contributed by atoms with Crippen LogP contribution in [-0.4, -0.2) is 51.3 Å². The Labute approximate surface area is 130 Å². The Bertz CT molecular complexity index is 309. The summed E-state index contributed by atoms with van der Waals surface area (Å²) < 4.78 is 5.51. The van der Waals surface area contributed by atoms with Gasteiger partial charge < -0.3 is 15.0 Å². The first-order valence-corrected chi connectivity index (χ1v) is 9.08. The minimum atomic E-state index is 0.601. The highest BCUT2D eigenvalue weighted by Crippen LogP contribution is 2.61. The van der Waals surface area contributed by atoms with Crippen LogP contribution in [0.25, 0.3) is 0 Å². The maximum absolute atomic E-state index is 5.51. The molecule has 0 aliphatic heterocycles. The second kappa shape index (κ2) is 6.55. The molecular formula is C18H34N2O. The molecule has 3 nitrogen and oxygen atoms in total. The van der Waals surface area contributed by atoms with Crippen LogP contribution in [0.4, 0.5) is 0 Å². The van der Waals surface area contributed by atoms with Gasteiger partial charge in [-0.05, 0) is 82.7 Å². The van der Waals surface area contributed by atoms with Gasteiger partial charge in [0.1, 0.15) is 0 Å². The molecule has 0 aromatic carbocycles. The molecule has 4 aliphatic rings. The summed E-state index contributed by atoms with van der Waals surface area (Å²) >= 11 is 0. The quantitative estimate of drug-likeness (QED) is 0.697. The zero-order chi connectivity index (χ0) is 14.9. The van der Waals surface area contributed by atoms with E-state index in [1.807, 2.05) is 0 Å². The molecule has 21 heavy (non-hydrogen) atoms. The van der Waals surface area contributed by atoms with Crippen LogP contribution < -0.4 is 5.32 Å². The third kappa shape index (κ3) is 3.30. The number of nitrogens with one attached hydrogen (secondary N) is 1. The summed E-state index contributed by atoms with van der Waals surface area (Å²) in [5, 5.41) is 3.70. The summed E-state index contributed by atoms with van der Waals surface area (Å²) in [6.45, 7) is 6.00. The lowest BCUT2D eigenvalue weighted by Crippen LogP contribution is -2.58. The lowest BCUT2D eigenvalue weighted by Gasteiger charge is -2.59. The minimum absolute atomic E-state index is 0.601. The van der Waals surface area contributed by atoms with Crippen LogP contribution in [-0.2, 0) is 4.74 Å². The molecule has 4 fully saturated rings. The first kappa shape index (κ1) is 15.8. The van der Waals surface area contributed by atoms with Gasteiger partial charge in [-0.1, -0.05) is 0 Å². The molecule has 1 atom stereocenters. The Hall–Kier alpha value is -0.120. The lowest BCUT2D eigenvalue weighted by atomic mass is 9.47. The summed E-state index contributed by atoms with van der Waals surface area (Å²) in [6.07, 6.45) is 9.08. The van der Waals surface area contributed by atoms with Crippen molar-refractivity contribution in [2.24, 2.45) is 23.2 Å². The Morgan fingerprint density at radius 3 is 2.19 bits per heavy atom. The van der Waals surface area contributed by atoms with Gasteiger partial charge in [0.15, 0.2) is 0 Å². The maximum Gasteiger partial charge on any atom is 0.0593 e. The Morgan fingerprint density at radius 1 is 1.14 bits per heavy atom. The van der Waals surface area contributed by atoms with E-state index in [9.17, 15) is 0 Å². The number of likely N-dealkylation sites (N-methyl/N-ethyl adjacent to an activating group) is 2. The molecule has 0 saturated heterocycles. The summed E-state index contributed by atoms with van der Waals surface area (Å²) in [6, 6.07) is 0.664. The van der Waals surface area contributed by atoms with E-state index in [1.165, 1.54) is 45.1 Å². The first-order valence-electron chi connectivity index (χ1n) is 9.08. The molecule has 122 valence electrons. The first-order chi connectivity index (χ1) is 10.1. The third-order valence-electron chi connectivity index (χ3n) is 6.49. The Morgan fingerprint density at radius 2 is 1.71 bits per heavy atom. The van der Waals surface area contributed by atoms with Crippen LogP contribution in [0.5, 0.6) is 0 Å². The fourth-order valence-electron chi connectivity index (χ4n) is 5.96. The van der Waals surface area contributed by atoms with E-state index in [1.54, 1.807) is 0 Å². The molecule has 0 spiro atoms. The molecule has 3 heteroatoms. The Balaban J connectivity index is 1.60.